The Labute approximate surface area is 118 Å². The Morgan fingerprint density at radius 2 is 2.10 bits per heavy atom. The Balaban J connectivity index is 2.41. The molecule has 20 heavy (non-hydrogen) atoms. The van der Waals surface area contributed by atoms with Crippen LogP contribution in [0.4, 0.5) is 11.4 Å². The molecule has 0 bridgehead atoms. The third-order valence-electron chi connectivity index (χ3n) is 2.95. The molecule has 0 aliphatic heterocycles. The van der Waals surface area contributed by atoms with Gasteiger partial charge in [-0.05, 0) is 31.3 Å². The Morgan fingerprint density at radius 3 is 2.70 bits per heavy atom. The number of hydrogen-bond acceptors (Lipinski definition) is 5. The van der Waals surface area contributed by atoms with Gasteiger partial charge < -0.3 is 15.1 Å². The van der Waals surface area contributed by atoms with E-state index in [4.69, 9.17) is 10.2 Å². The topological polar surface area (TPSA) is 88.6 Å². The number of nitrogens with one attached hydrogen (secondary N) is 1. The first-order chi connectivity index (χ1) is 9.44. The second-order valence-electron chi connectivity index (χ2n) is 4.42. The monoisotopic (exact) mass is 295 g/mol. The van der Waals surface area contributed by atoms with E-state index in [1.807, 2.05) is 18.0 Å². The Hall–Kier alpha value is -1.99. The average molecular weight is 295 g/mol. The minimum atomic E-state index is -3.57. The number of benzene rings is 1. The van der Waals surface area contributed by atoms with Gasteiger partial charge in [0.25, 0.3) is 0 Å². The van der Waals surface area contributed by atoms with Gasteiger partial charge in [-0.1, -0.05) is 0 Å². The standard InChI is InChI=1S/C13H17N3O3S/c1-15-20(17,18)13-7-11(14)3-4-12(13)16(2)8-10-5-6-19-9-10/h3-7,9,15H,8,14H2,1-2H3. The van der Waals surface area contributed by atoms with Gasteiger partial charge in [0.1, 0.15) is 4.90 Å². The van der Waals surface area contributed by atoms with E-state index in [-0.39, 0.29) is 4.90 Å². The van der Waals surface area contributed by atoms with Crippen LogP contribution in [0.2, 0.25) is 0 Å². The lowest BCUT2D eigenvalue weighted by Crippen LogP contribution is -2.24. The zero-order chi connectivity index (χ0) is 14.8. The highest BCUT2D eigenvalue weighted by Gasteiger charge is 2.19. The summed E-state index contributed by atoms with van der Waals surface area (Å²) in [6.45, 7) is 0.534. The van der Waals surface area contributed by atoms with Crippen molar-refractivity contribution in [2.24, 2.45) is 0 Å². The smallest absolute Gasteiger partial charge is 0.242 e. The van der Waals surface area contributed by atoms with E-state index >= 15 is 0 Å². The van der Waals surface area contributed by atoms with Crippen LogP contribution in [0.25, 0.3) is 0 Å². The van der Waals surface area contributed by atoms with Gasteiger partial charge in [-0.25, -0.2) is 13.1 Å². The lowest BCUT2D eigenvalue weighted by molar-refractivity contribution is 0.563. The maximum Gasteiger partial charge on any atom is 0.242 e. The summed E-state index contributed by atoms with van der Waals surface area (Å²) in [7, 11) is -0.384. The first-order valence-electron chi connectivity index (χ1n) is 5.99. The Morgan fingerprint density at radius 1 is 1.35 bits per heavy atom. The molecule has 7 heteroatoms. The minimum Gasteiger partial charge on any atom is -0.472 e. The largest absolute Gasteiger partial charge is 0.472 e. The van der Waals surface area contributed by atoms with Gasteiger partial charge in [-0.3, -0.25) is 0 Å². The predicted octanol–water partition coefficient (Wildman–Crippen LogP) is 1.41. The molecular formula is C13H17N3O3S. The Bertz CT molecular complexity index is 681. The van der Waals surface area contributed by atoms with Crippen molar-refractivity contribution >= 4 is 21.4 Å². The summed E-state index contributed by atoms with van der Waals surface area (Å²) < 4.78 is 31.5. The van der Waals surface area contributed by atoms with Crippen LogP contribution in [0.15, 0.2) is 46.1 Å². The number of sulfonamides is 1. The van der Waals surface area contributed by atoms with Gasteiger partial charge in [0.15, 0.2) is 0 Å². The second-order valence-corrected chi connectivity index (χ2v) is 6.28. The van der Waals surface area contributed by atoms with Crippen molar-refractivity contribution in [2.45, 2.75) is 11.4 Å². The van der Waals surface area contributed by atoms with Crippen LogP contribution in [0.3, 0.4) is 0 Å². The fraction of sp³-hybridized carbons (Fsp3) is 0.231. The van der Waals surface area contributed by atoms with E-state index in [1.165, 1.54) is 13.1 Å². The third kappa shape index (κ3) is 2.94. The summed E-state index contributed by atoms with van der Waals surface area (Å²) in [5.74, 6) is 0. The summed E-state index contributed by atoms with van der Waals surface area (Å²) >= 11 is 0. The van der Waals surface area contributed by atoms with Gasteiger partial charge >= 0.3 is 0 Å². The molecule has 0 atom stereocenters. The predicted molar refractivity (Wildman–Crippen MR) is 77.9 cm³/mol. The summed E-state index contributed by atoms with van der Waals surface area (Å²) in [5, 5.41) is 0. The average Bonchev–Trinajstić information content (AvgIpc) is 2.91. The maximum absolute atomic E-state index is 12.1. The molecule has 0 saturated carbocycles. The van der Waals surface area contributed by atoms with Gasteiger partial charge in [-0.15, -0.1) is 0 Å². The number of nitrogens with two attached hydrogens (primary N) is 1. The number of anilines is 2. The van der Waals surface area contributed by atoms with E-state index in [2.05, 4.69) is 4.72 Å². The number of hydrogen-bond donors (Lipinski definition) is 2. The lowest BCUT2D eigenvalue weighted by atomic mass is 10.2. The summed E-state index contributed by atoms with van der Waals surface area (Å²) in [6.07, 6.45) is 3.21. The van der Waals surface area contributed by atoms with E-state index < -0.39 is 10.0 Å². The van der Waals surface area contributed by atoms with Crippen molar-refractivity contribution < 1.29 is 12.8 Å². The fourth-order valence-corrected chi connectivity index (χ4v) is 2.92. The summed E-state index contributed by atoms with van der Waals surface area (Å²) in [5.41, 5.74) is 7.63. The highest BCUT2D eigenvalue weighted by Crippen LogP contribution is 2.27. The number of nitrogens with zero attached hydrogens (tertiary/aromatic N) is 1. The lowest BCUT2D eigenvalue weighted by Gasteiger charge is -2.22. The SMILES string of the molecule is CNS(=O)(=O)c1cc(N)ccc1N(C)Cc1ccoc1. The molecule has 0 amide bonds. The number of rotatable bonds is 5. The van der Waals surface area contributed by atoms with E-state index in [0.717, 1.165) is 5.56 Å². The highest BCUT2D eigenvalue weighted by molar-refractivity contribution is 7.89. The zero-order valence-electron chi connectivity index (χ0n) is 11.3. The van der Waals surface area contributed by atoms with Crippen LogP contribution in [0, 0.1) is 0 Å². The molecule has 2 rings (SSSR count). The van der Waals surface area contributed by atoms with Gasteiger partial charge in [0.05, 0.1) is 18.2 Å². The highest BCUT2D eigenvalue weighted by atomic mass is 32.2. The molecule has 3 N–H and O–H groups in total. The molecule has 2 aromatic rings. The minimum absolute atomic E-state index is 0.158. The van der Waals surface area contributed by atoms with Crippen molar-refractivity contribution in [3.63, 3.8) is 0 Å². The van der Waals surface area contributed by atoms with Crippen LogP contribution < -0.4 is 15.4 Å². The fourth-order valence-electron chi connectivity index (χ4n) is 1.91. The molecular weight excluding hydrogens is 278 g/mol. The zero-order valence-corrected chi connectivity index (χ0v) is 12.1. The first-order valence-corrected chi connectivity index (χ1v) is 7.47. The van der Waals surface area contributed by atoms with Crippen LogP contribution in [0.1, 0.15) is 5.56 Å². The molecule has 0 fully saturated rings. The van der Waals surface area contributed by atoms with Crippen molar-refractivity contribution in [3.05, 3.63) is 42.4 Å². The molecule has 6 nitrogen and oxygen atoms in total. The molecule has 0 unspecified atom stereocenters. The van der Waals surface area contributed by atoms with Crippen LogP contribution in [-0.4, -0.2) is 22.5 Å². The summed E-state index contributed by atoms with van der Waals surface area (Å²) in [6, 6.07) is 6.66. The molecule has 108 valence electrons. The third-order valence-corrected chi connectivity index (χ3v) is 4.40. The van der Waals surface area contributed by atoms with E-state index in [0.29, 0.717) is 17.9 Å². The molecule has 1 aromatic heterocycles. The maximum atomic E-state index is 12.1. The number of furan rings is 1. The van der Waals surface area contributed by atoms with Gasteiger partial charge in [-0.2, -0.15) is 0 Å². The van der Waals surface area contributed by atoms with Crippen molar-refractivity contribution in [1.29, 1.82) is 0 Å². The molecule has 0 aliphatic carbocycles. The molecule has 0 spiro atoms. The molecule has 1 aromatic carbocycles. The molecule has 0 aliphatic rings. The molecule has 0 radical (unpaired) electrons. The molecule has 1 heterocycles. The summed E-state index contributed by atoms with van der Waals surface area (Å²) in [4.78, 5) is 1.99. The second kappa shape index (κ2) is 5.56. The van der Waals surface area contributed by atoms with E-state index in [1.54, 1.807) is 24.7 Å². The van der Waals surface area contributed by atoms with Crippen molar-refractivity contribution in [1.82, 2.24) is 4.72 Å². The van der Waals surface area contributed by atoms with Crippen LogP contribution in [0.5, 0.6) is 0 Å². The molecule has 0 saturated heterocycles. The Kier molecular flexibility index (Phi) is 4.01. The number of nitrogen functional groups attached to an aromatic ring is 1. The quantitative estimate of drug-likeness (QED) is 0.814. The van der Waals surface area contributed by atoms with Crippen molar-refractivity contribution in [2.75, 3.05) is 24.7 Å². The van der Waals surface area contributed by atoms with Gasteiger partial charge in [0, 0.05) is 24.8 Å². The van der Waals surface area contributed by atoms with Crippen LogP contribution in [-0.2, 0) is 16.6 Å². The van der Waals surface area contributed by atoms with Crippen molar-refractivity contribution in [3.8, 4) is 0 Å². The van der Waals surface area contributed by atoms with Gasteiger partial charge in [0.2, 0.25) is 10.0 Å². The van der Waals surface area contributed by atoms with Crippen LogP contribution >= 0.6 is 0 Å². The van der Waals surface area contributed by atoms with E-state index in [9.17, 15) is 8.42 Å². The normalized spacial score (nSPS) is 11.5. The first kappa shape index (κ1) is 14.4.